The van der Waals surface area contributed by atoms with Crippen LogP contribution in [-0.2, 0) is 27.9 Å². The number of carbonyl (C=O) groups is 1. The molecular formula is C20H34N4O3. The van der Waals surface area contributed by atoms with Crippen LogP contribution < -0.4 is 10.6 Å². The Kier molecular flexibility index (Phi) is 7.67. The third kappa shape index (κ3) is 6.02. The van der Waals surface area contributed by atoms with Gasteiger partial charge in [0.15, 0.2) is 0 Å². The van der Waals surface area contributed by atoms with Crippen LogP contribution in [0.1, 0.15) is 51.0 Å². The fourth-order valence-electron chi connectivity index (χ4n) is 4.08. The number of ether oxygens (including phenoxy) is 2. The molecule has 0 bridgehead atoms. The summed E-state index contributed by atoms with van der Waals surface area (Å²) in [5, 5.41) is 11.0. The minimum atomic E-state index is 0.0243. The van der Waals surface area contributed by atoms with Crippen molar-refractivity contribution in [2.45, 2.75) is 70.2 Å². The molecule has 1 aliphatic heterocycles. The zero-order valence-electron chi connectivity index (χ0n) is 16.7. The number of carbonyl (C=O) groups excluding carboxylic acids is 1. The molecule has 0 radical (unpaired) electrons. The highest BCUT2D eigenvalue weighted by Gasteiger charge is 2.35. The largest absolute Gasteiger partial charge is 0.381 e. The van der Waals surface area contributed by atoms with Crippen molar-refractivity contribution < 1.29 is 14.3 Å². The van der Waals surface area contributed by atoms with Crippen molar-refractivity contribution in [3.8, 4) is 0 Å². The molecule has 1 amide bonds. The van der Waals surface area contributed by atoms with Crippen LogP contribution in [0.4, 0.5) is 0 Å². The summed E-state index contributed by atoms with van der Waals surface area (Å²) in [6.45, 7) is 5.09. The summed E-state index contributed by atoms with van der Waals surface area (Å²) in [6, 6.07) is 0.842. The van der Waals surface area contributed by atoms with Gasteiger partial charge in [-0.15, -0.1) is 0 Å². The second-order valence-electron chi connectivity index (χ2n) is 7.82. The van der Waals surface area contributed by atoms with E-state index in [1.54, 1.807) is 10.9 Å². The summed E-state index contributed by atoms with van der Waals surface area (Å²) in [4.78, 5) is 12.7. The molecule has 0 aromatic carbocycles. The Morgan fingerprint density at radius 1 is 1.33 bits per heavy atom. The molecule has 152 valence electrons. The van der Waals surface area contributed by atoms with Crippen molar-refractivity contribution in [3.05, 3.63) is 18.0 Å². The number of amides is 1. The van der Waals surface area contributed by atoms with E-state index in [-0.39, 0.29) is 17.9 Å². The second-order valence-corrected chi connectivity index (χ2v) is 7.82. The lowest BCUT2D eigenvalue weighted by atomic mass is 9.82. The van der Waals surface area contributed by atoms with Gasteiger partial charge in [-0.25, -0.2) is 0 Å². The fourth-order valence-corrected chi connectivity index (χ4v) is 4.08. The molecule has 1 aromatic rings. The number of aromatic nitrogens is 2. The van der Waals surface area contributed by atoms with E-state index in [4.69, 9.17) is 9.47 Å². The zero-order valence-corrected chi connectivity index (χ0v) is 16.7. The van der Waals surface area contributed by atoms with Gasteiger partial charge in [-0.3, -0.25) is 9.48 Å². The van der Waals surface area contributed by atoms with Gasteiger partial charge < -0.3 is 20.1 Å². The molecule has 2 aliphatic rings. The van der Waals surface area contributed by atoms with E-state index in [1.165, 1.54) is 0 Å². The molecule has 2 N–H and O–H groups in total. The summed E-state index contributed by atoms with van der Waals surface area (Å²) in [5.74, 6) is 0.157. The van der Waals surface area contributed by atoms with Crippen molar-refractivity contribution in [1.29, 1.82) is 0 Å². The molecule has 3 atom stereocenters. The summed E-state index contributed by atoms with van der Waals surface area (Å²) in [7, 11) is 1.88. The molecule has 7 heteroatoms. The Balaban J connectivity index is 1.51. The van der Waals surface area contributed by atoms with Crippen LogP contribution in [0.15, 0.2) is 12.4 Å². The number of nitrogens with one attached hydrogen (secondary N) is 2. The van der Waals surface area contributed by atoms with Gasteiger partial charge in [0.25, 0.3) is 0 Å². The van der Waals surface area contributed by atoms with Crippen molar-refractivity contribution in [3.63, 3.8) is 0 Å². The molecule has 2 heterocycles. The van der Waals surface area contributed by atoms with Crippen molar-refractivity contribution in [1.82, 2.24) is 20.4 Å². The Morgan fingerprint density at radius 2 is 2.15 bits per heavy atom. The topological polar surface area (TPSA) is 77.4 Å². The number of nitrogens with zero attached hydrogens (tertiary/aromatic N) is 2. The number of aryl methyl sites for hydroxylation is 1. The minimum absolute atomic E-state index is 0.0243. The summed E-state index contributed by atoms with van der Waals surface area (Å²) in [6.07, 6.45) is 9.64. The van der Waals surface area contributed by atoms with Gasteiger partial charge in [0.2, 0.25) is 5.91 Å². The molecule has 1 aliphatic carbocycles. The predicted octanol–water partition coefficient (Wildman–Crippen LogP) is 1.77. The van der Waals surface area contributed by atoms with E-state index in [0.29, 0.717) is 18.6 Å². The molecular weight excluding hydrogens is 344 g/mol. The van der Waals surface area contributed by atoms with Gasteiger partial charge >= 0.3 is 0 Å². The first-order valence-electron chi connectivity index (χ1n) is 10.4. The van der Waals surface area contributed by atoms with E-state index >= 15 is 0 Å². The first kappa shape index (κ1) is 20.3. The van der Waals surface area contributed by atoms with E-state index in [0.717, 1.165) is 63.9 Å². The van der Waals surface area contributed by atoms with Crippen LogP contribution in [0, 0.1) is 5.92 Å². The highest BCUT2D eigenvalue weighted by Crippen LogP contribution is 2.28. The smallest absolute Gasteiger partial charge is 0.223 e. The molecule has 27 heavy (non-hydrogen) atoms. The summed E-state index contributed by atoms with van der Waals surface area (Å²) >= 11 is 0. The molecule has 2 fully saturated rings. The van der Waals surface area contributed by atoms with Gasteiger partial charge in [0, 0.05) is 63.2 Å². The van der Waals surface area contributed by atoms with Gasteiger partial charge in [0.05, 0.1) is 12.3 Å². The van der Waals surface area contributed by atoms with Crippen molar-refractivity contribution in [2.24, 2.45) is 13.0 Å². The average Bonchev–Trinajstić information content (AvgIpc) is 3.11. The van der Waals surface area contributed by atoms with Crippen LogP contribution in [0.25, 0.3) is 0 Å². The maximum absolute atomic E-state index is 12.7. The van der Waals surface area contributed by atoms with Crippen LogP contribution >= 0.6 is 0 Å². The number of hydrogen-bond donors (Lipinski definition) is 2. The van der Waals surface area contributed by atoms with Crippen LogP contribution in [0.5, 0.6) is 0 Å². The Labute approximate surface area is 162 Å². The quantitative estimate of drug-likeness (QED) is 0.721. The Bertz CT molecular complexity index is 586. The maximum Gasteiger partial charge on any atom is 0.223 e. The highest BCUT2D eigenvalue weighted by molar-refractivity contribution is 5.78. The lowest BCUT2D eigenvalue weighted by molar-refractivity contribution is -0.128. The van der Waals surface area contributed by atoms with E-state index in [1.807, 2.05) is 13.2 Å². The van der Waals surface area contributed by atoms with Crippen molar-refractivity contribution in [2.75, 3.05) is 19.8 Å². The predicted molar refractivity (Wildman–Crippen MR) is 103 cm³/mol. The molecule has 0 unspecified atom stereocenters. The third-order valence-corrected chi connectivity index (χ3v) is 5.59. The second kappa shape index (κ2) is 10.2. The minimum Gasteiger partial charge on any atom is -0.381 e. The lowest BCUT2D eigenvalue weighted by Gasteiger charge is -2.38. The lowest BCUT2D eigenvalue weighted by Crippen LogP contribution is -2.52. The van der Waals surface area contributed by atoms with E-state index in [2.05, 4.69) is 22.7 Å². The molecule has 7 nitrogen and oxygen atoms in total. The maximum atomic E-state index is 12.7. The van der Waals surface area contributed by atoms with Crippen molar-refractivity contribution >= 4 is 5.91 Å². The van der Waals surface area contributed by atoms with E-state index < -0.39 is 0 Å². The first-order valence-corrected chi connectivity index (χ1v) is 10.4. The van der Waals surface area contributed by atoms with Crippen LogP contribution in [0.3, 0.4) is 0 Å². The Morgan fingerprint density at radius 3 is 2.85 bits per heavy atom. The van der Waals surface area contributed by atoms with E-state index in [9.17, 15) is 4.79 Å². The number of hydrogen-bond acceptors (Lipinski definition) is 5. The average molecular weight is 379 g/mol. The fraction of sp³-hybridized carbons (Fsp3) is 0.800. The zero-order chi connectivity index (χ0) is 19.1. The van der Waals surface area contributed by atoms with Gasteiger partial charge in [-0.05, 0) is 38.5 Å². The summed E-state index contributed by atoms with van der Waals surface area (Å²) in [5.41, 5.74) is 1.03. The Hall–Kier alpha value is -1.44. The molecule has 1 saturated carbocycles. The first-order chi connectivity index (χ1) is 13.2. The molecule has 1 saturated heterocycles. The van der Waals surface area contributed by atoms with Gasteiger partial charge in [0.1, 0.15) is 0 Å². The van der Waals surface area contributed by atoms with Gasteiger partial charge in [-0.1, -0.05) is 6.92 Å². The molecule has 1 aromatic heterocycles. The third-order valence-electron chi connectivity index (χ3n) is 5.59. The van der Waals surface area contributed by atoms with Gasteiger partial charge in [-0.2, -0.15) is 5.10 Å². The highest BCUT2D eigenvalue weighted by atomic mass is 16.5. The van der Waals surface area contributed by atoms with Crippen LogP contribution in [-0.4, -0.2) is 53.7 Å². The SMILES string of the molecule is CCCO[C@@H]1C[C@@H](C(=O)NCc2cnn(C)c2)CC[C@H]1NC1CCOCC1. The molecule has 0 spiro atoms. The monoisotopic (exact) mass is 378 g/mol. The standard InChI is InChI=1S/C20H34N4O3/c1-3-8-27-19-11-16(20(25)21-12-15-13-22-24(2)14-15)4-5-18(19)23-17-6-9-26-10-7-17/h13-14,16-19,23H,3-12H2,1-2H3,(H,21,25)/t16-,18+,19+/m0/s1. The summed E-state index contributed by atoms with van der Waals surface area (Å²) < 4.78 is 13.4. The normalized spacial score (nSPS) is 26.8. The number of rotatable bonds is 8. The molecule has 3 rings (SSSR count). The van der Waals surface area contributed by atoms with Crippen LogP contribution in [0.2, 0.25) is 0 Å².